The standard InChI is InChI=1S/C34H37BrN2O5/c1-21(2)42-31-20-25(19-30(36-31)40-6)32(27-17-24-16-26(35)11-10-23(24)18-29(27)39-5)34(38,13-14-37(3)4)28-9-7-8-22-12-15-41-33(22)28/h7-12,15-21,32,38H,13-14H2,1-6H3/t32-,34-/m1/s1. The molecule has 0 aliphatic heterocycles. The Morgan fingerprint density at radius 1 is 0.929 bits per heavy atom. The number of pyridine rings is 1. The summed E-state index contributed by atoms with van der Waals surface area (Å²) in [7, 11) is 7.24. The van der Waals surface area contributed by atoms with Crippen LogP contribution in [-0.2, 0) is 5.60 Å². The molecule has 0 radical (unpaired) electrons. The molecule has 0 spiro atoms. The Morgan fingerprint density at radius 2 is 1.71 bits per heavy atom. The predicted octanol–water partition coefficient (Wildman–Crippen LogP) is 7.52. The van der Waals surface area contributed by atoms with Crippen molar-refractivity contribution in [3.63, 3.8) is 0 Å². The monoisotopic (exact) mass is 632 g/mol. The molecule has 0 amide bonds. The molecular formula is C34H37BrN2O5. The third kappa shape index (κ3) is 5.98. The highest BCUT2D eigenvalue weighted by molar-refractivity contribution is 9.10. The van der Waals surface area contributed by atoms with Gasteiger partial charge in [0.25, 0.3) is 0 Å². The highest BCUT2D eigenvalue weighted by Crippen LogP contribution is 2.50. The highest BCUT2D eigenvalue weighted by atomic mass is 79.9. The molecule has 3 aromatic carbocycles. The molecule has 5 rings (SSSR count). The van der Waals surface area contributed by atoms with Gasteiger partial charge in [0.2, 0.25) is 11.8 Å². The van der Waals surface area contributed by atoms with Gasteiger partial charge in [0, 0.05) is 45.6 Å². The smallest absolute Gasteiger partial charge is 0.217 e. The summed E-state index contributed by atoms with van der Waals surface area (Å²) >= 11 is 3.63. The van der Waals surface area contributed by atoms with Gasteiger partial charge in [-0.05, 0) is 81.0 Å². The third-order valence-corrected chi connectivity index (χ3v) is 8.02. The van der Waals surface area contributed by atoms with Crippen molar-refractivity contribution in [3.05, 3.63) is 94.2 Å². The lowest BCUT2D eigenvalue weighted by Crippen LogP contribution is -2.38. The average molecular weight is 634 g/mol. The van der Waals surface area contributed by atoms with Gasteiger partial charge in [-0.3, -0.25) is 0 Å². The second-order valence-electron chi connectivity index (χ2n) is 11.1. The van der Waals surface area contributed by atoms with Crippen LogP contribution >= 0.6 is 15.9 Å². The minimum absolute atomic E-state index is 0.104. The first-order valence-corrected chi connectivity index (χ1v) is 14.8. The van der Waals surface area contributed by atoms with Crippen molar-refractivity contribution in [3.8, 4) is 17.5 Å². The number of furan rings is 1. The van der Waals surface area contributed by atoms with Crippen LogP contribution in [0.25, 0.3) is 21.7 Å². The predicted molar refractivity (Wildman–Crippen MR) is 170 cm³/mol. The molecule has 0 saturated heterocycles. The fourth-order valence-electron chi connectivity index (χ4n) is 5.62. The number of aromatic nitrogens is 1. The van der Waals surface area contributed by atoms with Gasteiger partial charge < -0.3 is 28.6 Å². The number of hydrogen-bond donors (Lipinski definition) is 1. The van der Waals surface area contributed by atoms with Gasteiger partial charge in [0.05, 0.1) is 26.6 Å². The van der Waals surface area contributed by atoms with E-state index >= 15 is 0 Å². The van der Waals surface area contributed by atoms with E-state index in [0.717, 1.165) is 31.8 Å². The van der Waals surface area contributed by atoms with Crippen molar-refractivity contribution in [2.24, 2.45) is 0 Å². The fraction of sp³-hybridized carbons (Fsp3) is 0.324. The Morgan fingerprint density at radius 3 is 2.43 bits per heavy atom. The number of halogens is 1. The zero-order chi connectivity index (χ0) is 30.0. The summed E-state index contributed by atoms with van der Waals surface area (Å²) in [5, 5.41) is 16.2. The molecule has 0 unspecified atom stereocenters. The maximum Gasteiger partial charge on any atom is 0.217 e. The molecule has 7 nitrogen and oxygen atoms in total. The van der Waals surface area contributed by atoms with Crippen molar-refractivity contribution in [2.45, 2.75) is 37.9 Å². The van der Waals surface area contributed by atoms with Gasteiger partial charge in [-0.1, -0.05) is 40.2 Å². The SMILES string of the molecule is COc1cc([C@H](c2cc3cc(Br)ccc3cc2OC)[C@@](O)(CCN(C)C)c2cccc3ccoc23)cc(OC(C)C)n1. The van der Waals surface area contributed by atoms with Crippen LogP contribution in [0, 0.1) is 0 Å². The van der Waals surface area contributed by atoms with E-state index in [2.05, 4.69) is 37.9 Å². The number of rotatable bonds is 11. The molecule has 8 heteroatoms. The summed E-state index contributed by atoms with van der Waals surface area (Å²) in [4.78, 5) is 6.62. The Balaban J connectivity index is 1.87. The van der Waals surface area contributed by atoms with E-state index in [1.807, 2.05) is 82.5 Å². The summed E-state index contributed by atoms with van der Waals surface area (Å²) in [5.74, 6) is 0.838. The van der Waals surface area contributed by atoms with Crippen LogP contribution in [-0.4, -0.2) is 56.0 Å². The topological polar surface area (TPSA) is 77.2 Å². The van der Waals surface area contributed by atoms with Crippen molar-refractivity contribution in [1.29, 1.82) is 0 Å². The highest BCUT2D eigenvalue weighted by Gasteiger charge is 2.44. The average Bonchev–Trinajstić information content (AvgIpc) is 3.44. The Hall–Kier alpha value is -3.59. The molecule has 0 aliphatic rings. The second-order valence-corrected chi connectivity index (χ2v) is 12.0. The molecule has 0 saturated carbocycles. The van der Waals surface area contributed by atoms with Crippen molar-refractivity contribution >= 4 is 37.7 Å². The first-order valence-electron chi connectivity index (χ1n) is 14.0. The van der Waals surface area contributed by atoms with E-state index in [9.17, 15) is 5.11 Å². The first kappa shape index (κ1) is 29.9. The van der Waals surface area contributed by atoms with Crippen molar-refractivity contribution < 1.29 is 23.7 Å². The van der Waals surface area contributed by atoms with Crippen LogP contribution in [0.4, 0.5) is 0 Å². The minimum Gasteiger partial charge on any atom is -0.496 e. The molecule has 0 aliphatic carbocycles. The third-order valence-electron chi connectivity index (χ3n) is 7.52. The number of methoxy groups -OCH3 is 2. The Bertz CT molecular complexity index is 1700. The number of hydrogen-bond acceptors (Lipinski definition) is 7. The van der Waals surface area contributed by atoms with Gasteiger partial charge in [0.1, 0.15) is 16.9 Å². The summed E-state index contributed by atoms with van der Waals surface area (Å²) < 4.78 is 24.7. The number of ether oxygens (including phenoxy) is 3. The molecule has 0 fully saturated rings. The normalized spacial score (nSPS) is 14.0. The summed E-state index contributed by atoms with van der Waals surface area (Å²) in [6.07, 6.45) is 1.95. The lowest BCUT2D eigenvalue weighted by atomic mass is 9.71. The summed E-state index contributed by atoms with van der Waals surface area (Å²) in [6.45, 7) is 4.52. The van der Waals surface area contributed by atoms with Gasteiger partial charge in [-0.15, -0.1) is 0 Å². The van der Waals surface area contributed by atoms with E-state index < -0.39 is 11.5 Å². The molecule has 0 bridgehead atoms. The van der Waals surface area contributed by atoms with Gasteiger partial charge >= 0.3 is 0 Å². The largest absolute Gasteiger partial charge is 0.496 e. The van der Waals surface area contributed by atoms with Crippen LogP contribution in [0.3, 0.4) is 0 Å². The summed E-state index contributed by atoms with van der Waals surface area (Å²) in [5.41, 5.74) is 1.48. The lowest BCUT2D eigenvalue weighted by Gasteiger charge is -2.39. The summed E-state index contributed by atoms with van der Waals surface area (Å²) in [6, 6.07) is 21.8. The Labute approximate surface area is 255 Å². The van der Waals surface area contributed by atoms with Crippen molar-refractivity contribution in [2.75, 3.05) is 34.9 Å². The van der Waals surface area contributed by atoms with E-state index in [0.29, 0.717) is 41.6 Å². The quantitative estimate of drug-likeness (QED) is 0.161. The van der Waals surface area contributed by atoms with Gasteiger partial charge in [0.15, 0.2) is 0 Å². The van der Waals surface area contributed by atoms with Crippen LogP contribution in [0.15, 0.2) is 81.9 Å². The number of para-hydroxylation sites is 1. The van der Waals surface area contributed by atoms with E-state index in [4.69, 9.17) is 18.6 Å². The number of fused-ring (bicyclic) bond motifs is 2. The zero-order valence-electron chi connectivity index (χ0n) is 24.8. The molecule has 220 valence electrons. The minimum atomic E-state index is -1.45. The van der Waals surface area contributed by atoms with E-state index in [1.54, 1.807) is 20.5 Å². The maximum absolute atomic E-state index is 13.2. The van der Waals surface area contributed by atoms with Gasteiger partial charge in [-0.2, -0.15) is 4.98 Å². The zero-order valence-corrected chi connectivity index (χ0v) is 26.4. The molecule has 1 N–H and O–H groups in total. The Kier molecular flexibility index (Phi) is 8.78. The van der Waals surface area contributed by atoms with Crippen LogP contribution in [0.2, 0.25) is 0 Å². The van der Waals surface area contributed by atoms with Crippen LogP contribution < -0.4 is 14.2 Å². The van der Waals surface area contributed by atoms with Crippen LogP contribution in [0.1, 0.15) is 42.9 Å². The molecule has 5 aromatic rings. The fourth-order valence-corrected chi connectivity index (χ4v) is 5.99. The molecular weight excluding hydrogens is 596 g/mol. The van der Waals surface area contributed by atoms with Crippen LogP contribution in [0.5, 0.6) is 17.5 Å². The van der Waals surface area contributed by atoms with E-state index in [-0.39, 0.29) is 6.10 Å². The first-order chi connectivity index (χ1) is 20.1. The lowest BCUT2D eigenvalue weighted by molar-refractivity contribution is 0.00441. The number of benzene rings is 3. The molecule has 2 heterocycles. The maximum atomic E-state index is 13.2. The number of nitrogens with zero attached hydrogens (tertiary/aromatic N) is 2. The molecule has 42 heavy (non-hydrogen) atoms. The molecule has 2 atom stereocenters. The molecule has 2 aromatic heterocycles. The van der Waals surface area contributed by atoms with Crippen molar-refractivity contribution in [1.82, 2.24) is 9.88 Å². The van der Waals surface area contributed by atoms with E-state index in [1.165, 1.54) is 0 Å². The van der Waals surface area contributed by atoms with Gasteiger partial charge in [-0.25, -0.2) is 0 Å². The number of aliphatic hydroxyl groups is 1. The second kappa shape index (κ2) is 12.3.